The Morgan fingerprint density at radius 3 is 1.65 bits per heavy atom. The van der Waals surface area contributed by atoms with Crippen molar-refractivity contribution in [3.05, 3.63) is 58.7 Å². The molecule has 272 valence electrons. The van der Waals surface area contributed by atoms with Gasteiger partial charge in [-0.15, -0.1) is 0 Å². The maximum Gasteiger partial charge on any atom is 0.251 e. The highest BCUT2D eigenvalue weighted by Crippen LogP contribution is 2.54. The van der Waals surface area contributed by atoms with Crippen LogP contribution in [0, 0.1) is 23.7 Å². The second kappa shape index (κ2) is 14.5. The lowest BCUT2D eigenvalue weighted by Gasteiger charge is -2.41. The minimum Gasteiger partial charge on any atom is -0.394 e. The third-order valence-electron chi connectivity index (χ3n) is 11.0. The number of hydrogen-bond donors (Lipinski definition) is 8. The van der Waals surface area contributed by atoms with Gasteiger partial charge in [-0.25, -0.2) is 0 Å². The summed E-state index contributed by atoms with van der Waals surface area (Å²) >= 11 is 0. The normalized spacial score (nSPS) is 35.3. The summed E-state index contributed by atoms with van der Waals surface area (Å²) in [6.07, 6.45) is -11.0. The number of nitrogens with zero attached hydrogens (tertiary/aromatic N) is 1. The molecule has 51 heavy (non-hydrogen) atoms. The SMILES string of the molecule is O=C([C@H]1CCCO1)N1CCC2(CC1)c1cc(C#C[C@H]3O[C@H](CO)[C@@H](O)[C@H](O)[C@@H]3O)ccc1-c1ccc(C#C[C@H]3O[C@H](CO)[C@@H](O)[C@H](O)[C@@H]3O)cc12. The van der Waals surface area contributed by atoms with E-state index in [0.717, 1.165) is 28.7 Å². The van der Waals surface area contributed by atoms with Crippen LogP contribution >= 0.6 is 0 Å². The van der Waals surface area contributed by atoms with Crippen molar-refractivity contribution >= 4 is 5.91 Å². The van der Waals surface area contributed by atoms with Crippen LogP contribution < -0.4 is 0 Å². The number of carbonyl (C=O) groups excluding carboxylic acids is 1. The lowest BCUT2D eigenvalue weighted by molar-refractivity contribution is -0.214. The summed E-state index contributed by atoms with van der Waals surface area (Å²) in [4.78, 5) is 15.2. The van der Waals surface area contributed by atoms with Gasteiger partial charge in [-0.2, -0.15) is 0 Å². The fourth-order valence-electron chi connectivity index (χ4n) is 8.02. The number of amides is 1. The summed E-state index contributed by atoms with van der Waals surface area (Å²) in [6.45, 7) is 0.473. The van der Waals surface area contributed by atoms with E-state index in [1.54, 1.807) is 0 Å². The van der Waals surface area contributed by atoms with Crippen LogP contribution in [0.2, 0.25) is 0 Å². The lowest BCUT2D eigenvalue weighted by Crippen LogP contribution is -2.58. The van der Waals surface area contributed by atoms with Crippen molar-refractivity contribution < 1.29 is 59.9 Å². The summed E-state index contributed by atoms with van der Waals surface area (Å²) < 4.78 is 16.9. The molecule has 13 nitrogen and oxygen atoms in total. The van der Waals surface area contributed by atoms with E-state index in [-0.39, 0.29) is 5.91 Å². The molecule has 0 aromatic heterocycles. The molecule has 0 radical (unpaired) electrons. The van der Waals surface area contributed by atoms with Gasteiger partial charge in [0.25, 0.3) is 5.91 Å². The van der Waals surface area contributed by atoms with Gasteiger partial charge in [-0.1, -0.05) is 35.8 Å². The van der Waals surface area contributed by atoms with Crippen molar-refractivity contribution in [2.75, 3.05) is 32.9 Å². The van der Waals surface area contributed by atoms with Gasteiger partial charge in [0.15, 0.2) is 0 Å². The lowest BCUT2D eigenvalue weighted by atomic mass is 9.70. The topological polar surface area (TPSA) is 210 Å². The molecular weight excluding hydrogens is 662 g/mol. The molecule has 7 rings (SSSR count). The number of rotatable bonds is 3. The predicted octanol–water partition coefficient (Wildman–Crippen LogP) is -1.86. The zero-order chi connectivity index (χ0) is 36.0. The molecule has 0 saturated carbocycles. The molecule has 13 heteroatoms. The Balaban J connectivity index is 1.21. The largest absolute Gasteiger partial charge is 0.394 e. The van der Waals surface area contributed by atoms with Crippen LogP contribution in [-0.4, -0.2) is 152 Å². The number of aliphatic hydroxyl groups excluding tert-OH is 8. The molecule has 11 atom stereocenters. The number of piperidine rings is 1. The maximum absolute atomic E-state index is 13.3. The minimum absolute atomic E-state index is 0.000846. The summed E-state index contributed by atoms with van der Waals surface area (Å²) in [5.41, 5.74) is 4.76. The average Bonchev–Trinajstić information content (AvgIpc) is 3.78. The van der Waals surface area contributed by atoms with Gasteiger partial charge in [0, 0.05) is 36.2 Å². The van der Waals surface area contributed by atoms with Gasteiger partial charge in [0.05, 0.1) is 13.2 Å². The minimum atomic E-state index is -1.53. The van der Waals surface area contributed by atoms with Crippen molar-refractivity contribution in [2.24, 2.45) is 0 Å². The molecule has 1 spiro atoms. The highest BCUT2D eigenvalue weighted by molar-refractivity contribution is 5.84. The maximum atomic E-state index is 13.3. The molecule has 1 amide bonds. The van der Waals surface area contributed by atoms with Crippen LogP contribution in [0.3, 0.4) is 0 Å². The van der Waals surface area contributed by atoms with Crippen molar-refractivity contribution in [2.45, 2.75) is 98.2 Å². The van der Waals surface area contributed by atoms with Gasteiger partial charge in [0.2, 0.25) is 0 Å². The first-order valence-corrected chi connectivity index (χ1v) is 17.4. The Bertz CT molecular complexity index is 1640. The van der Waals surface area contributed by atoms with Crippen LogP contribution in [0.25, 0.3) is 11.1 Å². The Morgan fingerprint density at radius 2 is 1.22 bits per heavy atom. The number of fused-ring (bicyclic) bond motifs is 5. The van der Waals surface area contributed by atoms with Crippen LogP contribution in [0.15, 0.2) is 36.4 Å². The number of ether oxygens (including phenoxy) is 3. The van der Waals surface area contributed by atoms with E-state index in [4.69, 9.17) is 14.2 Å². The van der Waals surface area contributed by atoms with Crippen LogP contribution in [0.4, 0.5) is 0 Å². The molecule has 2 aromatic rings. The van der Waals surface area contributed by atoms with E-state index in [9.17, 15) is 45.6 Å². The first kappa shape index (κ1) is 36.0. The summed E-state index contributed by atoms with van der Waals surface area (Å²) in [5, 5.41) is 80.9. The van der Waals surface area contributed by atoms with E-state index < -0.39 is 85.8 Å². The number of benzene rings is 2. The van der Waals surface area contributed by atoms with E-state index in [2.05, 4.69) is 23.7 Å². The summed E-state index contributed by atoms with van der Waals surface area (Å²) in [5.74, 6) is 11.8. The fraction of sp³-hybridized carbons (Fsp3) is 0.553. The third-order valence-corrected chi connectivity index (χ3v) is 11.0. The highest BCUT2D eigenvalue weighted by Gasteiger charge is 2.47. The van der Waals surface area contributed by atoms with Gasteiger partial charge in [-0.3, -0.25) is 4.79 Å². The molecule has 4 heterocycles. The number of hydrogen-bond acceptors (Lipinski definition) is 12. The average molecular weight is 706 g/mol. The van der Waals surface area contributed by atoms with Crippen molar-refractivity contribution in [3.63, 3.8) is 0 Å². The molecule has 4 fully saturated rings. The predicted molar refractivity (Wildman–Crippen MR) is 179 cm³/mol. The van der Waals surface area contributed by atoms with Crippen molar-refractivity contribution in [1.29, 1.82) is 0 Å². The molecule has 4 saturated heterocycles. The molecule has 8 N–H and O–H groups in total. The summed E-state index contributed by atoms with van der Waals surface area (Å²) in [6, 6.07) is 11.6. The summed E-state index contributed by atoms with van der Waals surface area (Å²) in [7, 11) is 0. The quantitative estimate of drug-likeness (QED) is 0.166. The van der Waals surface area contributed by atoms with Gasteiger partial charge in [-0.05, 0) is 72.2 Å². The zero-order valence-electron chi connectivity index (χ0n) is 27.8. The van der Waals surface area contributed by atoms with E-state index in [0.29, 0.717) is 50.1 Å². The molecule has 5 aliphatic rings. The van der Waals surface area contributed by atoms with Crippen molar-refractivity contribution in [1.82, 2.24) is 4.90 Å². The molecular formula is C38H43NO12. The molecule has 1 aliphatic carbocycles. The number of aliphatic hydroxyl groups is 8. The molecule has 2 aromatic carbocycles. The van der Waals surface area contributed by atoms with E-state index >= 15 is 0 Å². The van der Waals surface area contributed by atoms with Crippen LogP contribution in [-0.2, 0) is 24.4 Å². The standard InChI is InChI=1S/C38H43NO12/c40-18-29-33(44)35(46)31(42)26(50-29)9-5-20-3-7-22-23-8-4-21(6-10-27-32(43)36(47)34(45)30(19-41)51-27)17-25(23)38(24(22)16-20)11-13-39(14-12-38)37(48)28-2-1-15-49-28/h3-4,7-8,16-17,26-36,40-47H,1-2,11-15,18-19H2/t26-,27-,28-,29-,30-,31-,32-,33-,34-,35-,36-/m1/s1. The van der Waals surface area contributed by atoms with Gasteiger partial charge < -0.3 is 60.0 Å². The van der Waals surface area contributed by atoms with Gasteiger partial charge in [0.1, 0.15) is 67.1 Å². The molecule has 0 unspecified atom stereocenters. The fourth-order valence-corrected chi connectivity index (χ4v) is 8.02. The number of carbonyl (C=O) groups is 1. The second-order valence-electron chi connectivity index (χ2n) is 14.0. The molecule has 0 bridgehead atoms. The Labute approximate surface area is 295 Å². The van der Waals surface area contributed by atoms with Gasteiger partial charge >= 0.3 is 0 Å². The van der Waals surface area contributed by atoms with Crippen LogP contribution in [0.1, 0.15) is 47.9 Å². The molecule has 4 aliphatic heterocycles. The van der Waals surface area contributed by atoms with Crippen molar-refractivity contribution in [3.8, 4) is 34.8 Å². The smallest absolute Gasteiger partial charge is 0.251 e. The second-order valence-corrected chi connectivity index (χ2v) is 14.0. The monoisotopic (exact) mass is 705 g/mol. The number of likely N-dealkylation sites (tertiary alicyclic amines) is 1. The highest BCUT2D eigenvalue weighted by atomic mass is 16.6. The van der Waals surface area contributed by atoms with E-state index in [1.807, 2.05) is 41.3 Å². The Morgan fingerprint density at radius 1 is 0.725 bits per heavy atom. The Kier molecular flexibility index (Phi) is 10.3. The zero-order valence-corrected chi connectivity index (χ0v) is 27.8. The van der Waals surface area contributed by atoms with Crippen LogP contribution in [0.5, 0.6) is 0 Å². The van der Waals surface area contributed by atoms with E-state index in [1.165, 1.54) is 0 Å². The first-order valence-electron chi connectivity index (χ1n) is 17.4. The third kappa shape index (κ3) is 6.48. The Hall–Kier alpha value is -3.41. The first-order chi connectivity index (χ1) is 24.6.